The molecule has 2 aliphatic heterocycles. The molecule has 0 aromatic carbocycles. The van der Waals surface area contributed by atoms with Crippen LogP contribution in [-0.2, 0) is 24.8 Å². The van der Waals surface area contributed by atoms with Gasteiger partial charge in [-0.25, -0.2) is 21.1 Å². The van der Waals surface area contributed by atoms with Gasteiger partial charge in [0, 0.05) is 26.2 Å². The Morgan fingerprint density at radius 2 is 1.71 bits per heavy atom. The van der Waals surface area contributed by atoms with E-state index in [1.54, 1.807) is 0 Å². The SMILES string of the molecule is CCCS(=O)(=O)N1CCCC(S(=O)(=O)N2CCOCC2)C1. The predicted molar refractivity (Wildman–Crippen MR) is 80.0 cm³/mol. The molecule has 0 aromatic rings. The summed E-state index contributed by atoms with van der Waals surface area (Å²) in [4.78, 5) is 0. The molecule has 0 radical (unpaired) electrons. The van der Waals surface area contributed by atoms with Gasteiger partial charge in [-0.3, -0.25) is 0 Å². The van der Waals surface area contributed by atoms with Crippen molar-refractivity contribution >= 4 is 20.0 Å². The second kappa shape index (κ2) is 6.91. The average Bonchev–Trinajstić information content (AvgIpc) is 2.48. The summed E-state index contributed by atoms with van der Waals surface area (Å²) in [5.74, 6) is 0.0807. The highest BCUT2D eigenvalue weighted by atomic mass is 32.2. The maximum Gasteiger partial charge on any atom is 0.218 e. The molecule has 9 heteroatoms. The highest BCUT2D eigenvalue weighted by molar-refractivity contribution is 7.90. The van der Waals surface area contributed by atoms with Gasteiger partial charge >= 0.3 is 0 Å². The maximum absolute atomic E-state index is 12.6. The van der Waals surface area contributed by atoms with E-state index in [2.05, 4.69) is 0 Å². The number of nitrogens with zero attached hydrogens (tertiary/aromatic N) is 2. The summed E-state index contributed by atoms with van der Waals surface area (Å²) in [6.07, 6.45) is 1.66. The number of piperidine rings is 1. The predicted octanol–water partition coefficient (Wildman–Crippen LogP) is -0.147. The van der Waals surface area contributed by atoms with Gasteiger partial charge in [-0.2, -0.15) is 4.31 Å². The fraction of sp³-hybridized carbons (Fsp3) is 1.00. The molecule has 1 atom stereocenters. The number of hydrogen-bond donors (Lipinski definition) is 0. The Morgan fingerprint density at radius 3 is 2.33 bits per heavy atom. The molecule has 2 heterocycles. The van der Waals surface area contributed by atoms with Gasteiger partial charge in [0.05, 0.1) is 24.2 Å². The highest BCUT2D eigenvalue weighted by Crippen LogP contribution is 2.23. The normalized spacial score (nSPS) is 26.8. The van der Waals surface area contributed by atoms with Gasteiger partial charge < -0.3 is 4.74 Å². The zero-order chi connectivity index (χ0) is 15.5. The van der Waals surface area contributed by atoms with Gasteiger partial charge in [0.2, 0.25) is 20.0 Å². The number of ether oxygens (including phenoxy) is 1. The quantitative estimate of drug-likeness (QED) is 0.695. The van der Waals surface area contributed by atoms with Crippen LogP contribution in [0.15, 0.2) is 0 Å². The van der Waals surface area contributed by atoms with Crippen LogP contribution in [-0.4, -0.2) is 75.8 Å². The molecule has 2 saturated heterocycles. The van der Waals surface area contributed by atoms with Crippen LogP contribution in [0.5, 0.6) is 0 Å². The number of rotatable bonds is 5. The summed E-state index contributed by atoms with van der Waals surface area (Å²) in [7, 11) is -6.78. The fourth-order valence-corrected chi connectivity index (χ4v) is 6.40. The summed E-state index contributed by atoms with van der Waals surface area (Å²) in [6.45, 7) is 3.86. The molecule has 2 rings (SSSR count). The van der Waals surface area contributed by atoms with Gasteiger partial charge in [-0.05, 0) is 19.3 Å². The molecule has 0 amide bonds. The van der Waals surface area contributed by atoms with Crippen molar-refractivity contribution in [3.63, 3.8) is 0 Å². The van der Waals surface area contributed by atoms with Crippen molar-refractivity contribution in [3.8, 4) is 0 Å². The minimum absolute atomic E-state index is 0.0807. The minimum atomic E-state index is -3.45. The van der Waals surface area contributed by atoms with Crippen molar-refractivity contribution in [3.05, 3.63) is 0 Å². The van der Waals surface area contributed by atoms with Gasteiger partial charge in [0.25, 0.3) is 0 Å². The van der Waals surface area contributed by atoms with Gasteiger partial charge in [-0.15, -0.1) is 0 Å². The molecule has 2 fully saturated rings. The first-order valence-corrected chi connectivity index (χ1v) is 10.5. The average molecular weight is 340 g/mol. The fourth-order valence-electron chi connectivity index (χ4n) is 2.80. The highest BCUT2D eigenvalue weighted by Gasteiger charge is 2.38. The summed E-state index contributed by atoms with van der Waals surface area (Å²) >= 11 is 0. The largest absolute Gasteiger partial charge is 0.379 e. The third kappa shape index (κ3) is 3.95. The molecular formula is C12H24N2O5S2. The van der Waals surface area contributed by atoms with Crippen molar-refractivity contribution in [1.82, 2.24) is 8.61 Å². The van der Waals surface area contributed by atoms with E-state index < -0.39 is 25.3 Å². The molecule has 0 bridgehead atoms. The molecule has 0 aromatic heterocycles. The molecule has 0 spiro atoms. The van der Waals surface area contributed by atoms with Gasteiger partial charge in [-0.1, -0.05) is 6.92 Å². The Balaban J connectivity index is 2.09. The molecule has 0 aliphatic carbocycles. The molecule has 7 nitrogen and oxygen atoms in total. The Labute approximate surface area is 127 Å². The van der Waals surface area contributed by atoms with Gasteiger partial charge in [0.15, 0.2) is 0 Å². The van der Waals surface area contributed by atoms with Crippen LogP contribution in [0.25, 0.3) is 0 Å². The lowest BCUT2D eigenvalue weighted by molar-refractivity contribution is 0.0722. The Kier molecular flexibility index (Phi) is 5.64. The molecule has 0 saturated carbocycles. The summed E-state index contributed by atoms with van der Waals surface area (Å²) < 4.78 is 57.5. The van der Waals surface area contributed by atoms with E-state index in [0.717, 1.165) is 0 Å². The van der Waals surface area contributed by atoms with Crippen LogP contribution < -0.4 is 0 Å². The van der Waals surface area contributed by atoms with E-state index in [1.807, 2.05) is 6.92 Å². The third-order valence-corrected chi connectivity index (χ3v) is 8.30. The van der Waals surface area contributed by atoms with E-state index in [1.165, 1.54) is 8.61 Å². The Morgan fingerprint density at radius 1 is 1.05 bits per heavy atom. The van der Waals surface area contributed by atoms with Crippen LogP contribution in [0.4, 0.5) is 0 Å². The van der Waals surface area contributed by atoms with Crippen LogP contribution in [0.2, 0.25) is 0 Å². The first kappa shape index (κ1) is 17.1. The van der Waals surface area contributed by atoms with Crippen LogP contribution in [0.3, 0.4) is 0 Å². The second-order valence-electron chi connectivity index (χ2n) is 5.49. The standard InChI is InChI=1S/C12H24N2O5S2/c1-2-10-20(15,16)14-5-3-4-12(11-14)21(17,18)13-6-8-19-9-7-13/h12H,2-11H2,1H3. The maximum atomic E-state index is 12.6. The number of sulfonamides is 2. The van der Waals surface area contributed by atoms with E-state index in [-0.39, 0.29) is 12.3 Å². The van der Waals surface area contributed by atoms with E-state index in [9.17, 15) is 16.8 Å². The van der Waals surface area contributed by atoms with Crippen molar-refractivity contribution in [2.24, 2.45) is 0 Å². The minimum Gasteiger partial charge on any atom is -0.379 e. The first-order valence-electron chi connectivity index (χ1n) is 7.42. The lowest BCUT2D eigenvalue weighted by Gasteiger charge is -2.35. The summed E-state index contributed by atoms with van der Waals surface area (Å²) in [6, 6.07) is 0. The van der Waals surface area contributed by atoms with Gasteiger partial charge in [0.1, 0.15) is 0 Å². The van der Waals surface area contributed by atoms with Crippen LogP contribution >= 0.6 is 0 Å². The Hall–Kier alpha value is -0.220. The Bertz CT molecular complexity index is 540. The van der Waals surface area contributed by atoms with Crippen molar-refractivity contribution in [1.29, 1.82) is 0 Å². The lowest BCUT2D eigenvalue weighted by Crippen LogP contribution is -2.52. The molecule has 124 valence electrons. The van der Waals surface area contributed by atoms with Crippen molar-refractivity contribution in [2.45, 2.75) is 31.4 Å². The lowest BCUT2D eigenvalue weighted by atomic mass is 10.2. The molecule has 0 N–H and O–H groups in total. The topological polar surface area (TPSA) is 84.0 Å². The number of hydrogen-bond acceptors (Lipinski definition) is 5. The monoisotopic (exact) mass is 340 g/mol. The molecule has 1 unspecified atom stereocenters. The van der Waals surface area contributed by atoms with E-state index >= 15 is 0 Å². The summed E-state index contributed by atoms with van der Waals surface area (Å²) in [5.41, 5.74) is 0. The van der Waals surface area contributed by atoms with Crippen LogP contribution in [0, 0.1) is 0 Å². The zero-order valence-electron chi connectivity index (χ0n) is 12.4. The molecule has 21 heavy (non-hydrogen) atoms. The molecular weight excluding hydrogens is 316 g/mol. The zero-order valence-corrected chi connectivity index (χ0v) is 14.0. The van der Waals surface area contributed by atoms with Crippen LogP contribution in [0.1, 0.15) is 26.2 Å². The molecule has 2 aliphatic rings. The second-order valence-corrected chi connectivity index (χ2v) is 9.80. The first-order chi connectivity index (χ1) is 9.88. The van der Waals surface area contributed by atoms with Crippen molar-refractivity contribution in [2.75, 3.05) is 45.1 Å². The smallest absolute Gasteiger partial charge is 0.218 e. The van der Waals surface area contributed by atoms with E-state index in [4.69, 9.17) is 4.74 Å². The third-order valence-electron chi connectivity index (χ3n) is 3.95. The van der Waals surface area contributed by atoms with E-state index in [0.29, 0.717) is 52.1 Å². The number of morpholine rings is 1. The summed E-state index contributed by atoms with van der Waals surface area (Å²) in [5, 5.41) is -0.629. The van der Waals surface area contributed by atoms with Crippen molar-refractivity contribution < 1.29 is 21.6 Å².